The fourth-order valence-corrected chi connectivity index (χ4v) is 4.87. The van der Waals surface area contributed by atoms with E-state index in [1.165, 1.54) is 12.1 Å². The van der Waals surface area contributed by atoms with Crippen LogP contribution in [-0.2, 0) is 10.1 Å². The van der Waals surface area contributed by atoms with Crippen molar-refractivity contribution in [3.05, 3.63) is 25.6 Å². The summed E-state index contributed by atoms with van der Waals surface area (Å²) in [5, 5.41) is 0. The van der Waals surface area contributed by atoms with Crippen LogP contribution in [0.3, 0.4) is 0 Å². The van der Waals surface area contributed by atoms with Crippen LogP contribution in [-0.4, -0.2) is 13.0 Å². The molecule has 0 aliphatic rings. The van der Waals surface area contributed by atoms with E-state index in [-0.39, 0.29) is 35.9 Å². The van der Waals surface area contributed by atoms with Gasteiger partial charge in [-0.1, -0.05) is 15.9 Å². The van der Waals surface area contributed by atoms with Gasteiger partial charge in [-0.2, -0.15) is 8.42 Å². The van der Waals surface area contributed by atoms with E-state index in [4.69, 9.17) is 4.55 Å². The predicted octanol–water partition coefficient (Wildman–Crippen LogP) is 0.337. The van der Waals surface area contributed by atoms with Crippen LogP contribution >= 0.6 is 47.8 Å². The average molecular weight is 419 g/mol. The van der Waals surface area contributed by atoms with Gasteiger partial charge in [0.2, 0.25) is 0 Å². The molecule has 0 bridgehead atoms. The van der Waals surface area contributed by atoms with Gasteiger partial charge in [-0.3, -0.25) is 4.55 Å². The average Bonchev–Trinajstić information content (AvgIpc) is 1.78. The molecule has 0 heterocycles. The minimum Gasteiger partial charge on any atom is -1.00 e. The molecule has 0 saturated heterocycles. The molecule has 8 heteroatoms. The van der Waals surface area contributed by atoms with Crippen molar-refractivity contribution in [1.82, 2.24) is 0 Å². The van der Waals surface area contributed by atoms with E-state index in [2.05, 4.69) is 47.8 Å². The molecule has 1 aromatic rings. The molecular formula is C6H4Br3NaO3S. The summed E-state index contributed by atoms with van der Waals surface area (Å²) in [5.41, 5.74) is 0. The van der Waals surface area contributed by atoms with Crippen molar-refractivity contribution in [3.8, 4) is 0 Å². The second-order valence-electron chi connectivity index (χ2n) is 2.17. The quantitative estimate of drug-likeness (QED) is 0.528. The summed E-state index contributed by atoms with van der Waals surface area (Å²) in [5.74, 6) is 0. The molecule has 0 aromatic heterocycles. The van der Waals surface area contributed by atoms with Gasteiger partial charge in [0.15, 0.2) is 0 Å². The summed E-state index contributed by atoms with van der Waals surface area (Å²) in [6.07, 6.45) is 0. The third kappa shape index (κ3) is 3.86. The van der Waals surface area contributed by atoms with Crippen LogP contribution in [0.15, 0.2) is 30.4 Å². The third-order valence-electron chi connectivity index (χ3n) is 1.22. The molecular weight excluding hydrogens is 415 g/mol. The van der Waals surface area contributed by atoms with E-state index in [0.717, 1.165) is 0 Å². The number of benzene rings is 1. The van der Waals surface area contributed by atoms with Crippen molar-refractivity contribution in [3.63, 3.8) is 0 Å². The van der Waals surface area contributed by atoms with Crippen molar-refractivity contribution < 1.29 is 44.0 Å². The van der Waals surface area contributed by atoms with Crippen LogP contribution in [0, 0.1) is 0 Å². The fourth-order valence-electron chi connectivity index (χ4n) is 0.775. The van der Waals surface area contributed by atoms with E-state index in [1.54, 1.807) is 0 Å². The van der Waals surface area contributed by atoms with Gasteiger partial charge in [-0.05, 0) is 44.0 Å². The minimum atomic E-state index is -4.20. The van der Waals surface area contributed by atoms with Crippen LogP contribution in [0.4, 0.5) is 0 Å². The molecule has 1 rings (SSSR count). The minimum absolute atomic E-state index is 0. The van der Waals surface area contributed by atoms with Gasteiger partial charge >= 0.3 is 29.6 Å². The summed E-state index contributed by atoms with van der Waals surface area (Å²) in [6, 6.07) is 3.07. The van der Waals surface area contributed by atoms with Crippen molar-refractivity contribution in [2.24, 2.45) is 0 Å². The largest absolute Gasteiger partial charge is 1.00 e. The van der Waals surface area contributed by atoms with E-state index >= 15 is 0 Å². The Bertz CT molecular complexity index is 428. The predicted molar refractivity (Wildman–Crippen MR) is 60.5 cm³/mol. The maximum Gasteiger partial charge on any atom is 1.00 e. The summed E-state index contributed by atoms with van der Waals surface area (Å²) >= 11 is 9.25. The molecule has 14 heavy (non-hydrogen) atoms. The van der Waals surface area contributed by atoms with Crippen LogP contribution in [0.1, 0.15) is 1.43 Å². The van der Waals surface area contributed by atoms with Gasteiger partial charge in [-0.15, -0.1) is 0 Å². The van der Waals surface area contributed by atoms with Gasteiger partial charge in [0.25, 0.3) is 10.1 Å². The maximum absolute atomic E-state index is 10.9. The second kappa shape index (κ2) is 5.77. The molecule has 1 aromatic carbocycles. The topological polar surface area (TPSA) is 54.4 Å². The molecule has 0 saturated carbocycles. The molecule has 74 valence electrons. The van der Waals surface area contributed by atoms with Gasteiger partial charge in [-0.25, -0.2) is 0 Å². The summed E-state index contributed by atoms with van der Waals surface area (Å²) in [4.78, 5) is -0.171. The van der Waals surface area contributed by atoms with E-state index in [0.29, 0.717) is 13.4 Å². The molecule has 0 radical (unpaired) electrons. The van der Waals surface area contributed by atoms with Crippen molar-refractivity contribution >= 4 is 57.9 Å². The fraction of sp³-hybridized carbons (Fsp3) is 0. The molecule has 0 aliphatic heterocycles. The van der Waals surface area contributed by atoms with Gasteiger partial charge < -0.3 is 1.43 Å². The van der Waals surface area contributed by atoms with E-state index in [9.17, 15) is 8.42 Å². The van der Waals surface area contributed by atoms with E-state index in [1.807, 2.05) is 0 Å². The molecule has 0 unspecified atom stereocenters. The normalized spacial score (nSPS) is 10.9. The standard InChI is InChI=1S/C6H3Br3O3S.Na.H/c7-3-1-4(8)6(5(9)2-3)13(10,11)12;;/h1-2H,(H,10,11,12);;/q;+1;-1. The Balaban J connectivity index is 0. The first-order chi connectivity index (χ1) is 5.82. The Labute approximate surface area is 131 Å². The molecule has 1 N–H and O–H groups in total. The van der Waals surface area contributed by atoms with Crippen LogP contribution in [0.2, 0.25) is 0 Å². The number of hydrogen-bond donors (Lipinski definition) is 1. The molecule has 0 aliphatic carbocycles. The monoisotopic (exact) mass is 416 g/mol. The first-order valence-electron chi connectivity index (χ1n) is 2.94. The zero-order chi connectivity index (χ0) is 10.2. The third-order valence-corrected chi connectivity index (χ3v) is 4.41. The Hall–Kier alpha value is 1.57. The number of rotatable bonds is 1. The zero-order valence-electron chi connectivity index (χ0n) is 7.96. The number of hydrogen-bond acceptors (Lipinski definition) is 2. The first-order valence-corrected chi connectivity index (χ1v) is 6.76. The van der Waals surface area contributed by atoms with Crippen molar-refractivity contribution in [2.75, 3.05) is 0 Å². The van der Waals surface area contributed by atoms with Crippen molar-refractivity contribution in [2.45, 2.75) is 4.90 Å². The first kappa shape index (κ1) is 15.6. The molecule has 0 amide bonds. The Morgan fingerprint density at radius 3 is 1.79 bits per heavy atom. The number of halogens is 3. The molecule has 0 atom stereocenters. The van der Waals surface area contributed by atoms with Crippen LogP contribution < -0.4 is 29.6 Å². The summed E-state index contributed by atoms with van der Waals surface area (Å²) in [6.45, 7) is 0. The zero-order valence-corrected chi connectivity index (χ0v) is 14.5. The smallest absolute Gasteiger partial charge is 1.00 e. The van der Waals surface area contributed by atoms with Crippen molar-refractivity contribution in [1.29, 1.82) is 0 Å². The maximum atomic E-state index is 10.9. The molecule has 3 nitrogen and oxygen atoms in total. The second-order valence-corrected chi connectivity index (χ2v) is 6.16. The van der Waals surface area contributed by atoms with Gasteiger partial charge in [0.1, 0.15) is 4.90 Å². The Morgan fingerprint density at radius 2 is 1.50 bits per heavy atom. The Kier molecular flexibility index (Phi) is 6.41. The summed E-state index contributed by atoms with van der Waals surface area (Å²) in [7, 11) is -4.20. The van der Waals surface area contributed by atoms with Gasteiger partial charge in [0.05, 0.1) is 0 Å². The van der Waals surface area contributed by atoms with E-state index < -0.39 is 10.1 Å². The van der Waals surface area contributed by atoms with Crippen LogP contribution in [0.25, 0.3) is 0 Å². The molecule has 0 spiro atoms. The summed E-state index contributed by atoms with van der Waals surface area (Å²) < 4.78 is 31.9. The molecule has 0 fully saturated rings. The van der Waals surface area contributed by atoms with Gasteiger partial charge in [0, 0.05) is 13.4 Å². The van der Waals surface area contributed by atoms with Crippen LogP contribution in [0.5, 0.6) is 0 Å². The SMILES string of the molecule is O=S(=O)(O)c1c(Br)cc(Br)cc1Br.[H-].[Na+]. The Morgan fingerprint density at radius 1 is 1.14 bits per heavy atom.